The van der Waals surface area contributed by atoms with Crippen LogP contribution in [-0.4, -0.2) is 15.9 Å². The van der Waals surface area contributed by atoms with Crippen molar-refractivity contribution in [3.05, 3.63) is 77.3 Å². The molecule has 1 radical (unpaired) electrons. The molecule has 235 valence electrons. The van der Waals surface area contributed by atoms with Crippen LogP contribution in [-0.2, 0) is 31.3 Å². The zero-order valence-corrected chi connectivity index (χ0v) is 30.2. The van der Waals surface area contributed by atoms with Crippen LogP contribution in [0.15, 0.2) is 58.7 Å². The smallest absolute Gasteiger partial charge is 0.164 e. The van der Waals surface area contributed by atoms with Crippen molar-refractivity contribution in [3.63, 3.8) is 0 Å². The Kier molecular flexibility index (Phi) is 13.0. The first kappa shape index (κ1) is 36.4. The molecule has 43 heavy (non-hydrogen) atoms. The third-order valence-electron chi connectivity index (χ3n) is 9.03. The molecule has 0 atom stereocenters. The van der Waals surface area contributed by atoms with Crippen LogP contribution in [0.4, 0.5) is 0 Å². The molecule has 0 saturated carbocycles. The molecule has 0 aliphatic heterocycles. The number of aliphatic hydroxyl groups excluding tert-OH is 1. The summed E-state index contributed by atoms with van der Waals surface area (Å²) in [5.74, 6) is 1.86. The number of carbonyl (C=O) groups excluding carboxylic acids is 1. The largest absolute Gasteiger partial charge is 0.512 e. The number of pyridine rings is 1. The maximum Gasteiger partial charge on any atom is 0.164 e. The van der Waals surface area contributed by atoms with E-state index in [9.17, 15) is 9.90 Å². The summed E-state index contributed by atoms with van der Waals surface area (Å²) < 4.78 is 6.26. The molecule has 4 rings (SSSR count). The number of benzene rings is 2. The molecule has 1 N–H and O–H groups in total. The molecule has 5 heteroatoms. The average molecular weight is 761 g/mol. The van der Waals surface area contributed by atoms with Crippen molar-refractivity contribution in [2.45, 2.75) is 101 Å². The van der Waals surface area contributed by atoms with Gasteiger partial charge in [-0.05, 0) is 55.5 Å². The molecule has 0 amide bonds. The standard InChI is InChI=1S/C23H22NO.C15H28O2.Ir/c1-14(2)9-18-13-20-22(17-11-15(3)10-16(4)12-17)24-21-8-6-5-7-19(21)23(20)25-18;1-7-14(5,8-2)12(16)11-13(17)15(6,9-3)10-4;/h5-8,10-11,13-14H,9H2,1-4H3;11,16H,7-10H2,1-6H3;/q-1;;/b;12-11-;. The van der Waals surface area contributed by atoms with Crippen molar-refractivity contribution in [1.82, 2.24) is 4.98 Å². The first-order valence-electron chi connectivity index (χ1n) is 15.6. The minimum absolute atomic E-state index is 0. The number of carbonyl (C=O) groups is 1. The Morgan fingerprint density at radius 3 is 2.12 bits per heavy atom. The second-order valence-corrected chi connectivity index (χ2v) is 12.7. The predicted octanol–water partition coefficient (Wildman–Crippen LogP) is 10.9. The maximum absolute atomic E-state index is 12.2. The van der Waals surface area contributed by atoms with Crippen molar-refractivity contribution in [2.24, 2.45) is 16.7 Å². The van der Waals surface area contributed by atoms with Gasteiger partial charge in [-0.1, -0.05) is 81.4 Å². The zero-order chi connectivity index (χ0) is 31.2. The van der Waals surface area contributed by atoms with E-state index in [1.807, 2.05) is 59.7 Å². The van der Waals surface area contributed by atoms with Gasteiger partial charge in [-0.3, -0.25) is 9.78 Å². The number of allylic oxidation sites excluding steroid dienone is 2. The van der Waals surface area contributed by atoms with Gasteiger partial charge in [-0.15, -0.1) is 34.9 Å². The van der Waals surface area contributed by atoms with Gasteiger partial charge in [0.05, 0.1) is 5.52 Å². The second kappa shape index (κ2) is 15.3. The average Bonchev–Trinajstić information content (AvgIpc) is 3.38. The van der Waals surface area contributed by atoms with Crippen molar-refractivity contribution in [1.29, 1.82) is 0 Å². The number of aryl methyl sites for hydroxylation is 2. The number of aliphatic hydroxyl groups is 1. The van der Waals surface area contributed by atoms with E-state index in [1.54, 1.807) is 0 Å². The Morgan fingerprint density at radius 2 is 1.56 bits per heavy atom. The van der Waals surface area contributed by atoms with Gasteiger partial charge < -0.3 is 9.52 Å². The van der Waals surface area contributed by atoms with Crippen LogP contribution in [0.1, 0.15) is 98.0 Å². The summed E-state index contributed by atoms with van der Waals surface area (Å²) in [5.41, 5.74) is 5.63. The zero-order valence-electron chi connectivity index (χ0n) is 27.8. The molecule has 0 unspecified atom stereocenters. The predicted molar refractivity (Wildman–Crippen MR) is 177 cm³/mol. The molecule has 4 aromatic rings. The minimum atomic E-state index is -0.337. The van der Waals surface area contributed by atoms with Crippen LogP contribution in [0.3, 0.4) is 0 Å². The third kappa shape index (κ3) is 8.46. The number of nitrogens with zero attached hydrogens (tertiary/aromatic N) is 1. The molecule has 0 aliphatic rings. The number of ketones is 1. The van der Waals surface area contributed by atoms with E-state index in [0.29, 0.717) is 5.92 Å². The maximum atomic E-state index is 12.2. The number of hydrogen-bond donors (Lipinski definition) is 1. The number of rotatable bonds is 10. The minimum Gasteiger partial charge on any atom is -0.512 e. The monoisotopic (exact) mass is 761 g/mol. The Hall–Kier alpha value is -2.75. The van der Waals surface area contributed by atoms with Crippen LogP contribution in [0.5, 0.6) is 0 Å². The quantitative estimate of drug-likeness (QED) is 0.0993. The fourth-order valence-corrected chi connectivity index (χ4v) is 5.18. The summed E-state index contributed by atoms with van der Waals surface area (Å²) in [4.78, 5) is 17.1. The van der Waals surface area contributed by atoms with Gasteiger partial charge >= 0.3 is 0 Å². The van der Waals surface area contributed by atoms with Crippen LogP contribution in [0.25, 0.3) is 33.1 Å². The van der Waals surface area contributed by atoms with Crippen molar-refractivity contribution >= 4 is 27.7 Å². The summed E-state index contributed by atoms with van der Waals surface area (Å²) in [6, 6.07) is 18.1. The molecule has 2 aromatic heterocycles. The van der Waals surface area contributed by atoms with Gasteiger partial charge in [-0.2, -0.15) is 0 Å². The molecular formula is C38H50IrNO3-. The normalized spacial score (nSPS) is 12.3. The van der Waals surface area contributed by atoms with Crippen LogP contribution < -0.4 is 0 Å². The number of fused-ring (bicyclic) bond motifs is 3. The van der Waals surface area contributed by atoms with E-state index in [-0.39, 0.29) is 42.5 Å². The Labute approximate surface area is 272 Å². The Morgan fingerprint density at radius 1 is 0.953 bits per heavy atom. The van der Waals surface area contributed by atoms with Gasteiger partial charge in [0.15, 0.2) is 5.78 Å². The molecular weight excluding hydrogens is 711 g/mol. The molecule has 0 fully saturated rings. The van der Waals surface area contributed by atoms with Crippen LogP contribution in [0, 0.1) is 36.7 Å². The van der Waals surface area contributed by atoms with E-state index in [2.05, 4.69) is 58.0 Å². The fraction of sp³-hybridized carbons (Fsp3) is 0.474. The van der Waals surface area contributed by atoms with E-state index < -0.39 is 0 Å². The van der Waals surface area contributed by atoms with E-state index in [0.717, 1.165) is 76.6 Å². The van der Waals surface area contributed by atoms with Gasteiger partial charge in [0, 0.05) is 54.2 Å². The van der Waals surface area contributed by atoms with E-state index >= 15 is 0 Å². The van der Waals surface area contributed by atoms with Gasteiger partial charge in [0.1, 0.15) is 17.1 Å². The molecule has 0 aliphatic carbocycles. The van der Waals surface area contributed by atoms with E-state index in [1.165, 1.54) is 11.6 Å². The van der Waals surface area contributed by atoms with Gasteiger partial charge in [0.25, 0.3) is 0 Å². The van der Waals surface area contributed by atoms with Crippen LogP contribution in [0.2, 0.25) is 0 Å². The third-order valence-corrected chi connectivity index (χ3v) is 9.03. The molecule has 0 bridgehead atoms. The number of para-hydroxylation sites is 1. The van der Waals surface area contributed by atoms with Crippen molar-refractivity contribution in [3.8, 4) is 11.3 Å². The molecule has 4 nitrogen and oxygen atoms in total. The SMILES string of the molecule is CCC(C)(CC)C(=O)/C=C(\O)C(C)(CC)CC.Cc1[c-]c(-c2nc3ccccc3c3oc(CC(C)C)cc23)cc(C)c1.[Ir]. The number of aromatic nitrogens is 1. The van der Waals surface area contributed by atoms with E-state index in [4.69, 9.17) is 9.40 Å². The van der Waals surface area contributed by atoms with Crippen molar-refractivity contribution in [2.75, 3.05) is 0 Å². The summed E-state index contributed by atoms with van der Waals surface area (Å²) >= 11 is 0. The fourth-order valence-electron chi connectivity index (χ4n) is 5.18. The van der Waals surface area contributed by atoms with Crippen LogP contribution >= 0.6 is 0 Å². The Balaban J connectivity index is 0.000000318. The number of hydrogen-bond acceptors (Lipinski definition) is 4. The first-order valence-corrected chi connectivity index (χ1v) is 15.6. The molecule has 0 spiro atoms. The second-order valence-electron chi connectivity index (χ2n) is 12.7. The first-order chi connectivity index (χ1) is 19.8. The van der Waals surface area contributed by atoms with Gasteiger partial charge in [0.2, 0.25) is 0 Å². The number of furan rings is 1. The summed E-state index contributed by atoms with van der Waals surface area (Å²) in [5, 5.41) is 12.3. The molecule has 2 aromatic carbocycles. The van der Waals surface area contributed by atoms with Gasteiger partial charge in [-0.25, -0.2) is 0 Å². The van der Waals surface area contributed by atoms with Crippen molar-refractivity contribution < 1.29 is 34.4 Å². The molecule has 2 heterocycles. The Bertz CT molecular complexity index is 1530. The summed E-state index contributed by atoms with van der Waals surface area (Å²) in [7, 11) is 0. The summed E-state index contributed by atoms with van der Waals surface area (Å²) in [6.45, 7) is 20.7. The summed E-state index contributed by atoms with van der Waals surface area (Å²) in [6.07, 6.45) is 5.68. The topological polar surface area (TPSA) is 63.3 Å². The molecule has 0 saturated heterocycles.